The number of unbranched alkanes of at least 4 members (excludes halogenated alkanes) is 1. The summed E-state index contributed by atoms with van der Waals surface area (Å²) >= 11 is 0. The molecule has 1 aromatic rings. The molecule has 0 aromatic heterocycles. The first-order valence-electron chi connectivity index (χ1n) is 6.15. The molecule has 1 aromatic carbocycles. The standard InChI is InChI=1S/C14H22N2O/c1-4-5-9-15-14(17)13-8-6-7-12(10-13)11-16(2)3/h6-8,10H,4-5,9,11H2,1-3H3,(H,15,17). The lowest BCUT2D eigenvalue weighted by Gasteiger charge is -2.11. The van der Waals surface area contributed by atoms with Gasteiger partial charge in [-0.2, -0.15) is 0 Å². The smallest absolute Gasteiger partial charge is 0.251 e. The molecule has 0 heterocycles. The third-order valence-electron chi connectivity index (χ3n) is 2.50. The minimum absolute atomic E-state index is 0.0269. The minimum Gasteiger partial charge on any atom is -0.352 e. The number of benzene rings is 1. The highest BCUT2D eigenvalue weighted by atomic mass is 16.1. The van der Waals surface area contributed by atoms with Gasteiger partial charge in [0, 0.05) is 18.7 Å². The molecule has 0 aliphatic rings. The van der Waals surface area contributed by atoms with Crippen molar-refractivity contribution in [2.75, 3.05) is 20.6 Å². The van der Waals surface area contributed by atoms with E-state index in [-0.39, 0.29) is 5.91 Å². The van der Waals surface area contributed by atoms with E-state index in [1.807, 2.05) is 38.4 Å². The van der Waals surface area contributed by atoms with Crippen LogP contribution in [0, 0.1) is 0 Å². The quantitative estimate of drug-likeness (QED) is 0.766. The predicted molar refractivity (Wildman–Crippen MR) is 71.1 cm³/mol. The molecule has 1 rings (SSSR count). The first kappa shape index (κ1) is 13.7. The van der Waals surface area contributed by atoms with Gasteiger partial charge >= 0.3 is 0 Å². The average Bonchev–Trinajstić information content (AvgIpc) is 2.28. The summed E-state index contributed by atoms with van der Waals surface area (Å²) in [4.78, 5) is 13.9. The van der Waals surface area contributed by atoms with Crippen LogP contribution in [0.1, 0.15) is 35.7 Å². The maximum absolute atomic E-state index is 11.8. The molecule has 0 bridgehead atoms. The van der Waals surface area contributed by atoms with Crippen LogP contribution in [0.4, 0.5) is 0 Å². The average molecular weight is 234 g/mol. The molecule has 0 radical (unpaired) electrons. The molecule has 0 fully saturated rings. The number of carbonyl (C=O) groups is 1. The van der Waals surface area contributed by atoms with Crippen molar-refractivity contribution in [3.05, 3.63) is 35.4 Å². The molecule has 0 atom stereocenters. The fourth-order valence-electron chi connectivity index (χ4n) is 1.66. The minimum atomic E-state index is 0.0269. The second-order valence-corrected chi connectivity index (χ2v) is 4.55. The molecule has 1 N–H and O–H groups in total. The van der Waals surface area contributed by atoms with Crippen LogP contribution < -0.4 is 5.32 Å². The van der Waals surface area contributed by atoms with Crippen molar-refractivity contribution in [1.29, 1.82) is 0 Å². The molecule has 0 aliphatic carbocycles. The lowest BCUT2D eigenvalue weighted by Crippen LogP contribution is -2.24. The van der Waals surface area contributed by atoms with Gasteiger partial charge in [0.2, 0.25) is 0 Å². The zero-order valence-electron chi connectivity index (χ0n) is 11.0. The number of hydrogen-bond acceptors (Lipinski definition) is 2. The Bertz CT molecular complexity index is 361. The van der Waals surface area contributed by atoms with E-state index >= 15 is 0 Å². The molecule has 0 saturated heterocycles. The molecule has 0 aliphatic heterocycles. The van der Waals surface area contributed by atoms with Crippen LogP contribution in [0.25, 0.3) is 0 Å². The normalized spacial score (nSPS) is 10.6. The Morgan fingerprint density at radius 3 is 2.76 bits per heavy atom. The second kappa shape index (κ2) is 7.07. The predicted octanol–water partition coefficient (Wildman–Crippen LogP) is 2.28. The second-order valence-electron chi connectivity index (χ2n) is 4.55. The lowest BCUT2D eigenvalue weighted by molar-refractivity contribution is 0.0953. The topological polar surface area (TPSA) is 32.3 Å². The number of carbonyl (C=O) groups excluding carboxylic acids is 1. The van der Waals surface area contributed by atoms with Gasteiger partial charge in [0.15, 0.2) is 0 Å². The van der Waals surface area contributed by atoms with Crippen molar-refractivity contribution >= 4 is 5.91 Å². The van der Waals surface area contributed by atoms with Crippen molar-refractivity contribution in [1.82, 2.24) is 10.2 Å². The van der Waals surface area contributed by atoms with Gasteiger partial charge in [0.05, 0.1) is 0 Å². The summed E-state index contributed by atoms with van der Waals surface area (Å²) in [5.74, 6) is 0.0269. The largest absolute Gasteiger partial charge is 0.352 e. The molecule has 0 saturated carbocycles. The molecule has 17 heavy (non-hydrogen) atoms. The summed E-state index contributed by atoms with van der Waals surface area (Å²) in [6, 6.07) is 7.80. The van der Waals surface area contributed by atoms with Gasteiger partial charge in [-0.25, -0.2) is 0 Å². The molecule has 0 spiro atoms. The maximum Gasteiger partial charge on any atom is 0.251 e. The molecular weight excluding hydrogens is 212 g/mol. The van der Waals surface area contributed by atoms with Gasteiger partial charge in [-0.15, -0.1) is 0 Å². The van der Waals surface area contributed by atoms with Crippen LogP contribution >= 0.6 is 0 Å². The summed E-state index contributed by atoms with van der Waals surface area (Å²) < 4.78 is 0. The van der Waals surface area contributed by atoms with Crippen molar-refractivity contribution in [3.63, 3.8) is 0 Å². The Balaban J connectivity index is 2.60. The van der Waals surface area contributed by atoms with E-state index in [0.717, 1.165) is 37.1 Å². The Morgan fingerprint density at radius 1 is 1.35 bits per heavy atom. The maximum atomic E-state index is 11.8. The van der Waals surface area contributed by atoms with Crippen LogP contribution in [0.15, 0.2) is 24.3 Å². The highest BCUT2D eigenvalue weighted by Gasteiger charge is 2.05. The van der Waals surface area contributed by atoms with E-state index in [1.165, 1.54) is 0 Å². The first-order valence-corrected chi connectivity index (χ1v) is 6.15. The van der Waals surface area contributed by atoms with E-state index in [0.29, 0.717) is 0 Å². The van der Waals surface area contributed by atoms with Crippen molar-refractivity contribution in [3.8, 4) is 0 Å². The fraction of sp³-hybridized carbons (Fsp3) is 0.500. The van der Waals surface area contributed by atoms with E-state index in [9.17, 15) is 4.79 Å². The molecule has 1 amide bonds. The Labute approximate surface area is 104 Å². The van der Waals surface area contributed by atoms with Crippen molar-refractivity contribution < 1.29 is 4.79 Å². The van der Waals surface area contributed by atoms with Gasteiger partial charge in [-0.3, -0.25) is 4.79 Å². The van der Waals surface area contributed by atoms with Crippen LogP contribution in [0.2, 0.25) is 0 Å². The number of nitrogens with one attached hydrogen (secondary N) is 1. The van der Waals surface area contributed by atoms with Gasteiger partial charge in [0.1, 0.15) is 0 Å². The first-order chi connectivity index (χ1) is 8.13. The zero-order valence-corrected chi connectivity index (χ0v) is 11.0. The molecule has 3 nitrogen and oxygen atoms in total. The van der Waals surface area contributed by atoms with E-state index in [1.54, 1.807) is 0 Å². The van der Waals surface area contributed by atoms with Crippen LogP contribution in [0.3, 0.4) is 0 Å². The van der Waals surface area contributed by atoms with Crippen LogP contribution in [-0.2, 0) is 6.54 Å². The highest BCUT2D eigenvalue weighted by Crippen LogP contribution is 2.07. The Morgan fingerprint density at radius 2 is 2.12 bits per heavy atom. The van der Waals surface area contributed by atoms with Crippen molar-refractivity contribution in [2.45, 2.75) is 26.3 Å². The Hall–Kier alpha value is -1.35. The SMILES string of the molecule is CCCCNC(=O)c1cccc(CN(C)C)c1. The number of rotatable bonds is 6. The van der Waals surface area contributed by atoms with Gasteiger partial charge < -0.3 is 10.2 Å². The summed E-state index contributed by atoms with van der Waals surface area (Å²) in [7, 11) is 4.04. The fourth-order valence-corrected chi connectivity index (χ4v) is 1.66. The Kier molecular flexibility index (Phi) is 5.70. The molecular formula is C14H22N2O. The molecule has 94 valence electrons. The monoisotopic (exact) mass is 234 g/mol. The van der Waals surface area contributed by atoms with E-state index in [2.05, 4.69) is 17.1 Å². The number of amides is 1. The summed E-state index contributed by atoms with van der Waals surface area (Å²) in [5.41, 5.74) is 1.92. The summed E-state index contributed by atoms with van der Waals surface area (Å²) in [6.45, 7) is 3.73. The molecule has 0 unspecified atom stereocenters. The molecule has 3 heteroatoms. The van der Waals surface area contributed by atoms with E-state index < -0.39 is 0 Å². The van der Waals surface area contributed by atoms with Crippen LogP contribution in [-0.4, -0.2) is 31.4 Å². The van der Waals surface area contributed by atoms with Crippen molar-refractivity contribution in [2.24, 2.45) is 0 Å². The van der Waals surface area contributed by atoms with Gasteiger partial charge in [-0.1, -0.05) is 25.5 Å². The lowest BCUT2D eigenvalue weighted by atomic mass is 10.1. The third-order valence-corrected chi connectivity index (χ3v) is 2.50. The van der Waals surface area contributed by atoms with Gasteiger partial charge in [-0.05, 0) is 38.2 Å². The van der Waals surface area contributed by atoms with E-state index in [4.69, 9.17) is 0 Å². The summed E-state index contributed by atoms with van der Waals surface area (Å²) in [6.07, 6.45) is 2.13. The van der Waals surface area contributed by atoms with Gasteiger partial charge in [0.25, 0.3) is 5.91 Å². The highest BCUT2D eigenvalue weighted by molar-refractivity contribution is 5.94. The third kappa shape index (κ3) is 5.00. The number of hydrogen-bond donors (Lipinski definition) is 1. The van der Waals surface area contributed by atoms with Crippen LogP contribution in [0.5, 0.6) is 0 Å². The summed E-state index contributed by atoms with van der Waals surface area (Å²) in [5, 5.41) is 2.93. The number of nitrogens with zero attached hydrogens (tertiary/aromatic N) is 1. The zero-order chi connectivity index (χ0) is 12.7.